The predicted molar refractivity (Wildman–Crippen MR) is 115 cm³/mol. The Morgan fingerprint density at radius 1 is 0.857 bits per heavy atom. The monoisotopic (exact) mass is 428 g/mol. The number of hydrogen-bond acceptors (Lipinski definition) is 3. The van der Waals surface area contributed by atoms with E-state index in [0.717, 1.165) is 16.6 Å². The molecule has 0 aliphatic heterocycles. The Morgan fingerprint density at radius 3 is 2.36 bits per heavy atom. The van der Waals surface area contributed by atoms with Gasteiger partial charge in [0, 0.05) is 51.4 Å². The Kier molecular flexibility index (Phi) is 5.40. The highest BCUT2D eigenvalue weighted by Gasteiger charge is 2.25. The molecule has 6 heteroatoms. The Hall–Kier alpha value is -2.33. The van der Waals surface area contributed by atoms with Crippen molar-refractivity contribution in [2.24, 2.45) is 0 Å². The van der Waals surface area contributed by atoms with Crippen molar-refractivity contribution < 1.29 is 5.11 Å². The van der Waals surface area contributed by atoms with Gasteiger partial charge in [0.2, 0.25) is 0 Å². The van der Waals surface area contributed by atoms with Crippen molar-refractivity contribution in [2.45, 2.75) is 12.3 Å². The summed E-state index contributed by atoms with van der Waals surface area (Å²) < 4.78 is 0. The van der Waals surface area contributed by atoms with Gasteiger partial charge in [-0.3, -0.25) is 9.97 Å². The first-order valence-corrected chi connectivity index (χ1v) is 9.79. The molecule has 1 unspecified atom stereocenters. The molecule has 0 aliphatic rings. The molecule has 4 aromatic rings. The molecule has 0 radical (unpaired) electrons. The summed E-state index contributed by atoms with van der Waals surface area (Å²) in [5, 5.41) is 13.5. The zero-order valence-electron chi connectivity index (χ0n) is 14.6. The largest absolute Gasteiger partial charge is 0.505 e. The van der Waals surface area contributed by atoms with Crippen LogP contribution in [0.3, 0.4) is 0 Å². The summed E-state index contributed by atoms with van der Waals surface area (Å²) in [6.07, 6.45) is 3.75. The SMILES string of the molecule is Oc1c(C(Cc2ccc(Cl)cn2)c2c(Cl)cccc2Cl)ccc2cccnc12. The van der Waals surface area contributed by atoms with Crippen molar-refractivity contribution >= 4 is 45.7 Å². The zero-order chi connectivity index (χ0) is 19.7. The number of hydrogen-bond donors (Lipinski definition) is 1. The molecule has 0 saturated heterocycles. The molecule has 1 atom stereocenters. The fourth-order valence-corrected chi connectivity index (χ4v) is 4.15. The fourth-order valence-electron chi connectivity index (χ4n) is 3.37. The number of nitrogens with zero attached hydrogens (tertiary/aromatic N) is 2. The standard InChI is InChI=1S/C22H15Cl3N2O/c23-14-7-8-15(27-12-14)11-17(20-18(24)4-1-5-19(20)25)16-9-6-13-3-2-10-26-21(13)22(16)28/h1-10,12,17,28H,11H2. The quantitative estimate of drug-likeness (QED) is 0.394. The minimum absolute atomic E-state index is 0.119. The zero-order valence-corrected chi connectivity index (χ0v) is 16.9. The first-order chi connectivity index (χ1) is 13.5. The van der Waals surface area contributed by atoms with E-state index in [9.17, 15) is 5.11 Å². The lowest BCUT2D eigenvalue weighted by Crippen LogP contribution is -2.08. The number of fused-ring (bicyclic) bond motifs is 1. The summed E-state index contributed by atoms with van der Waals surface area (Å²) in [4.78, 5) is 8.74. The molecule has 2 heterocycles. The number of phenols is 1. The van der Waals surface area contributed by atoms with Gasteiger partial charge in [0.25, 0.3) is 0 Å². The normalized spacial score (nSPS) is 12.2. The summed E-state index contributed by atoms with van der Waals surface area (Å²) in [5.41, 5.74) is 2.79. The molecule has 4 rings (SSSR count). The minimum atomic E-state index is -0.304. The lowest BCUT2D eigenvalue weighted by atomic mass is 9.86. The van der Waals surface area contributed by atoms with E-state index >= 15 is 0 Å². The average molecular weight is 430 g/mol. The van der Waals surface area contributed by atoms with Crippen molar-refractivity contribution in [1.82, 2.24) is 9.97 Å². The van der Waals surface area contributed by atoms with Crippen LogP contribution in [0, 0.1) is 0 Å². The van der Waals surface area contributed by atoms with Crippen LogP contribution in [0.5, 0.6) is 5.75 Å². The third-order valence-corrected chi connectivity index (χ3v) is 5.59. The van der Waals surface area contributed by atoms with E-state index in [4.69, 9.17) is 34.8 Å². The van der Waals surface area contributed by atoms with Crippen LogP contribution in [-0.4, -0.2) is 15.1 Å². The van der Waals surface area contributed by atoms with Crippen molar-refractivity contribution in [3.8, 4) is 5.75 Å². The molecule has 140 valence electrons. The van der Waals surface area contributed by atoms with Crippen LogP contribution < -0.4 is 0 Å². The third kappa shape index (κ3) is 3.66. The topological polar surface area (TPSA) is 46.0 Å². The molecule has 0 amide bonds. The predicted octanol–water partition coefficient (Wildman–Crippen LogP) is 6.67. The minimum Gasteiger partial charge on any atom is -0.505 e. The maximum absolute atomic E-state index is 11.0. The maximum Gasteiger partial charge on any atom is 0.145 e. The van der Waals surface area contributed by atoms with E-state index in [-0.39, 0.29) is 11.7 Å². The van der Waals surface area contributed by atoms with Gasteiger partial charge in [-0.1, -0.05) is 59.1 Å². The van der Waals surface area contributed by atoms with Crippen LogP contribution >= 0.6 is 34.8 Å². The second-order valence-electron chi connectivity index (χ2n) is 6.44. The summed E-state index contributed by atoms with van der Waals surface area (Å²) in [5.74, 6) is -0.186. The van der Waals surface area contributed by atoms with E-state index in [1.165, 1.54) is 0 Å². The van der Waals surface area contributed by atoms with Gasteiger partial charge in [0.05, 0.1) is 5.02 Å². The second-order valence-corrected chi connectivity index (χ2v) is 7.69. The maximum atomic E-state index is 11.0. The molecular formula is C22H15Cl3N2O. The molecule has 28 heavy (non-hydrogen) atoms. The molecule has 0 saturated carbocycles. The highest BCUT2D eigenvalue weighted by molar-refractivity contribution is 6.36. The average Bonchev–Trinajstić information content (AvgIpc) is 2.69. The van der Waals surface area contributed by atoms with Gasteiger partial charge in [-0.2, -0.15) is 0 Å². The number of rotatable bonds is 4. The Bertz CT molecular complexity index is 1130. The summed E-state index contributed by atoms with van der Waals surface area (Å²) in [6, 6.07) is 16.6. The third-order valence-electron chi connectivity index (χ3n) is 4.70. The second kappa shape index (κ2) is 7.96. The van der Waals surface area contributed by atoms with Gasteiger partial charge in [-0.15, -0.1) is 0 Å². The van der Waals surface area contributed by atoms with E-state index < -0.39 is 0 Å². The van der Waals surface area contributed by atoms with E-state index in [1.807, 2.05) is 30.3 Å². The van der Waals surface area contributed by atoms with Crippen molar-refractivity contribution in [3.05, 3.63) is 98.9 Å². The van der Waals surface area contributed by atoms with Crippen LogP contribution in [0.25, 0.3) is 10.9 Å². The lowest BCUT2D eigenvalue weighted by molar-refractivity contribution is 0.469. The number of halogens is 3. The van der Waals surface area contributed by atoms with Crippen molar-refractivity contribution in [3.63, 3.8) is 0 Å². The smallest absolute Gasteiger partial charge is 0.145 e. The lowest BCUT2D eigenvalue weighted by Gasteiger charge is -2.22. The Labute approximate surface area is 177 Å². The molecule has 0 bridgehead atoms. The fraction of sp³-hybridized carbons (Fsp3) is 0.0909. The summed E-state index contributed by atoms with van der Waals surface area (Å²) in [6.45, 7) is 0. The van der Waals surface area contributed by atoms with Crippen molar-refractivity contribution in [1.29, 1.82) is 0 Å². The summed E-state index contributed by atoms with van der Waals surface area (Å²) >= 11 is 19.0. The Morgan fingerprint density at radius 2 is 1.64 bits per heavy atom. The number of benzene rings is 2. The van der Waals surface area contributed by atoms with E-state index in [1.54, 1.807) is 36.7 Å². The molecule has 1 N–H and O–H groups in total. The highest BCUT2D eigenvalue weighted by Crippen LogP contribution is 2.42. The summed E-state index contributed by atoms with van der Waals surface area (Å²) in [7, 11) is 0. The molecule has 0 spiro atoms. The number of pyridine rings is 2. The van der Waals surface area contributed by atoms with Crippen LogP contribution in [0.15, 0.2) is 67.0 Å². The van der Waals surface area contributed by atoms with Gasteiger partial charge in [-0.05, 0) is 35.9 Å². The molecule has 3 nitrogen and oxygen atoms in total. The Balaban J connectivity index is 1.90. The van der Waals surface area contributed by atoms with Gasteiger partial charge < -0.3 is 5.11 Å². The number of aromatic nitrogens is 2. The van der Waals surface area contributed by atoms with E-state index in [0.29, 0.717) is 32.6 Å². The number of aromatic hydroxyl groups is 1. The van der Waals surface area contributed by atoms with Crippen LogP contribution in [0.4, 0.5) is 0 Å². The molecule has 0 aliphatic carbocycles. The van der Waals surface area contributed by atoms with Crippen LogP contribution in [0.1, 0.15) is 22.7 Å². The van der Waals surface area contributed by atoms with Crippen LogP contribution in [0.2, 0.25) is 15.1 Å². The first kappa shape index (κ1) is 19.0. The molecular weight excluding hydrogens is 415 g/mol. The van der Waals surface area contributed by atoms with Crippen molar-refractivity contribution in [2.75, 3.05) is 0 Å². The van der Waals surface area contributed by atoms with E-state index in [2.05, 4.69) is 9.97 Å². The molecule has 2 aromatic heterocycles. The van der Waals surface area contributed by atoms with Gasteiger partial charge in [0.1, 0.15) is 11.3 Å². The molecule has 2 aromatic carbocycles. The van der Waals surface area contributed by atoms with Crippen LogP contribution in [-0.2, 0) is 6.42 Å². The molecule has 0 fully saturated rings. The van der Waals surface area contributed by atoms with Gasteiger partial charge in [-0.25, -0.2) is 0 Å². The number of phenolic OH excluding ortho intramolecular Hbond substituents is 1. The highest BCUT2D eigenvalue weighted by atomic mass is 35.5. The first-order valence-electron chi connectivity index (χ1n) is 8.65. The van der Waals surface area contributed by atoms with Gasteiger partial charge in [0.15, 0.2) is 0 Å². The van der Waals surface area contributed by atoms with Gasteiger partial charge >= 0.3 is 0 Å².